The van der Waals surface area contributed by atoms with E-state index in [0.717, 1.165) is 0 Å². The number of ether oxygens (including phenoxy) is 2. The molecule has 0 amide bonds. The molecule has 0 bridgehead atoms. The second-order valence-corrected chi connectivity index (χ2v) is 3.42. The first-order valence-corrected chi connectivity index (χ1v) is 4.75. The summed E-state index contributed by atoms with van der Waals surface area (Å²) in [7, 11) is 0. The van der Waals surface area contributed by atoms with Crippen LogP contribution in [0.4, 0.5) is 0 Å². The lowest BCUT2D eigenvalue weighted by molar-refractivity contribution is 0.174. The highest BCUT2D eigenvalue weighted by Gasteiger charge is 2.16. The Balaban J connectivity index is 2.14. The van der Waals surface area contributed by atoms with Crippen molar-refractivity contribution in [3.05, 3.63) is 30.3 Å². The molecule has 2 aromatic rings. The topological polar surface area (TPSA) is 63.9 Å². The van der Waals surface area contributed by atoms with E-state index in [-0.39, 0.29) is 18.6 Å². The maximum atomic E-state index is 9.56. The van der Waals surface area contributed by atoms with Gasteiger partial charge in [-0.25, -0.2) is 0 Å². The van der Waals surface area contributed by atoms with Gasteiger partial charge in [0.1, 0.15) is 0 Å². The molecule has 0 fully saturated rings. The van der Waals surface area contributed by atoms with Crippen molar-refractivity contribution in [1.29, 1.82) is 0 Å². The molecule has 2 N–H and O–H groups in total. The average molecular weight is 219 g/mol. The minimum Gasteiger partial charge on any atom is -0.494 e. The minimum atomic E-state index is -0.0311. The van der Waals surface area contributed by atoms with Gasteiger partial charge < -0.3 is 19.7 Å². The van der Waals surface area contributed by atoms with Gasteiger partial charge in [0.05, 0.1) is 5.69 Å². The lowest BCUT2D eigenvalue weighted by Crippen LogP contribution is -1.93. The SMILES string of the molecule is Oc1ccc(O)n1-c1ccc2c(c1)OCO2. The van der Waals surface area contributed by atoms with Crippen LogP contribution in [0.1, 0.15) is 0 Å². The summed E-state index contributed by atoms with van der Waals surface area (Å²) in [6.45, 7) is 0.197. The number of fused-ring (bicyclic) bond motifs is 1. The number of aromatic hydroxyl groups is 2. The van der Waals surface area contributed by atoms with Gasteiger partial charge in [0.15, 0.2) is 23.3 Å². The summed E-state index contributed by atoms with van der Waals surface area (Å²) in [5.41, 5.74) is 0.615. The summed E-state index contributed by atoms with van der Waals surface area (Å²) in [5, 5.41) is 19.1. The van der Waals surface area contributed by atoms with Crippen LogP contribution in [0.2, 0.25) is 0 Å². The highest BCUT2D eigenvalue weighted by atomic mass is 16.7. The van der Waals surface area contributed by atoms with Crippen molar-refractivity contribution in [2.75, 3.05) is 6.79 Å². The smallest absolute Gasteiger partial charge is 0.231 e. The van der Waals surface area contributed by atoms with Crippen molar-refractivity contribution in [2.24, 2.45) is 0 Å². The van der Waals surface area contributed by atoms with E-state index in [1.165, 1.54) is 16.7 Å². The van der Waals surface area contributed by atoms with Crippen molar-refractivity contribution >= 4 is 0 Å². The Hall–Kier alpha value is -2.30. The van der Waals surface area contributed by atoms with E-state index in [4.69, 9.17) is 9.47 Å². The van der Waals surface area contributed by atoms with Crippen LogP contribution < -0.4 is 9.47 Å². The number of nitrogens with zero attached hydrogens (tertiary/aromatic N) is 1. The highest BCUT2D eigenvalue weighted by Crippen LogP contribution is 2.36. The van der Waals surface area contributed by atoms with E-state index in [9.17, 15) is 10.2 Å². The summed E-state index contributed by atoms with van der Waals surface area (Å²) < 4.78 is 11.7. The largest absolute Gasteiger partial charge is 0.494 e. The lowest BCUT2D eigenvalue weighted by Gasteiger charge is -2.07. The molecule has 82 valence electrons. The molecule has 5 heteroatoms. The quantitative estimate of drug-likeness (QED) is 0.764. The standard InChI is InChI=1S/C11H9NO4/c13-10-3-4-11(14)12(10)7-1-2-8-9(5-7)16-6-15-8/h1-5,13-14H,6H2. The predicted octanol–water partition coefficient (Wildman–Crippen LogP) is 1.62. The van der Waals surface area contributed by atoms with Gasteiger partial charge in [0.2, 0.25) is 6.79 Å². The fourth-order valence-electron chi connectivity index (χ4n) is 1.70. The molecule has 1 aromatic heterocycles. The Morgan fingerprint density at radius 2 is 1.62 bits per heavy atom. The summed E-state index contributed by atoms with van der Waals surface area (Å²) in [6.07, 6.45) is 0. The normalized spacial score (nSPS) is 13.0. The van der Waals surface area contributed by atoms with E-state index in [0.29, 0.717) is 17.2 Å². The second-order valence-electron chi connectivity index (χ2n) is 3.42. The average Bonchev–Trinajstić information content (AvgIpc) is 2.85. The predicted molar refractivity (Wildman–Crippen MR) is 55.2 cm³/mol. The molecule has 1 aliphatic rings. The van der Waals surface area contributed by atoms with Crippen LogP contribution >= 0.6 is 0 Å². The molecule has 0 saturated heterocycles. The van der Waals surface area contributed by atoms with Crippen molar-refractivity contribution < 1.29 is 19.7 Å². The van der Waals surface area contributed by atoms with Crippen LogP contribution in [0.3, 0.4) is 0 Å². The van der Waals surface area contributed by atoms with Crippen LogP contribution in [-0.4, -0.2) is 21.6 Å². The number of rotatable bonds is 1. The number of hydrogen-bond acceptors (Lipinski definition) is 4. The lowest BCUT2D eigenvalue weighted by atomic mass is 10.3. The third-order valence-electron chi connectivity index (χ3n) is 2.45. The van der Waals surface area contributed by atoms with Gasteiger partial charge in [-0.1, -0.05) is 0 Å². The fraction of sp³-hybridized carbons (Fsp3) is 0.0909. The van der Waals surface area contributed by atoms with Gasteiger partial charge in [0, 0.05) is 18.2 Å². The molecule has 0 spiro atoms. The Bertz CT molecular complexity index is 527. The molecule has 1 aromatic carbocycles. The summed E-state index contributed by atoms with van der Waals surface area (Å²) in [4.78, 5) is 0. The summed E-state index contributed by atoms with van der Waals surface area (Å²) in [6, 6.07) is 7.99. The van der Waals surface area contributed by atoms with E-state index < -0.39 is 0 Å². The molecular formula is C11H9NO4. The van der Waals surface area contributed by atoms with Crippen molar-refractivity contribution in [1.82, 2.24) is 4.57 Å². The van der Waals surface area contributed by atoms with Crippen molar-refractivity contribution in [3.8, 4) is 28.9 Å². The van der Waals surface area contributed by atoms with Crippen LogP contribution in [0, 0.1) is 0 Å². The van der Waals surface area contributed by atoms with Crippen molar-refractivity contribution in [3.63, 3.8) is 0 Å². The number of benzene rings is 1. The first-order valence-electron chi connectivity index (χ1n) is 4.75. The maximum Gasteiger partial charge on any atom is 0.231 e. The van der Waals surface area contributed by atoms with Gasteiger partial charge in [-0.3, -0.25) is 4.57 Å². The molecule has 0 unspecified atom stereocenters. The van der Waals surface area contributed by atoms with Crippen LogP contribution in [0.5, 0.6) is 23.3 Å². The van der Waals surface area contributed by atoms with Crippen molar-refractivity contribution in [2.45, 2.75) is 0 Å². The molecule has 0 atom stereocenters. The zero-order valence-corrected chi connectivity index (χ0v) is 8.25. The van der Waals surface area contributed by atoms with Crippen LogP contribution in [0.15, 0.2) is 30.3 Å². The molecule has 0 saturated carbocycles. The molecule has 5 nitrogen and oxygen atoms in total. The van der Waals surface area contributed by atoms with E-state index in [2.05, 4.69) is 0 Å². The fourth-order valence-corrected chi connectivity index (χ4v) is 1.70. The van der Waals surface area contributed by atoms with Gasteiger partial charge >= 0.3 is 0 Å². The molecule has 0 radical (unpaired) electrons. The third kappa shape index (κ3) is 1.18. The zero-order valence-electron chi connectivity index (χ0n) is 8.25. The number of hydrogen-bond donors (Lipinski definition) is 2. The molecule has 0 aliphatic carbocycles. The second kappa shape index (κ2) is 3.10. The molecule has 2 heterocycles. The van der Waals surface area contributed by atoms with Gasteiger partial charge in [-0.15, -0.1) is 0 Å². The Morgan fingerprint density at radius 1 is 0.938 bits per heavy atom. The first kappa shape index (κ1) is 8.96. The van der Waals surface area contributed by atoms with Gasteiger partial charge in [0.25, 0.3) is 0 Å². The molecular weight excluding hydrogens is 210 g/mol. The van der Waals surface area contributed by atoms with E-state index in [1.807, 2.05) is 0 Å². The molecule has 16 heavy (non-hydrogen) atoms. The van der Waals surface area contributed by atoms with E-state index in [1.54, 1.807) is 18.2 Å². The van der Waals surface area contributed by atoms with E-state index >= 15 is 0 Å². The van der Waals surface area contributed by atoms with Crippen LogP contribution in [-0.2, 0) is 0 Å². The molecule has 3 rings (SSSR count). The van der Waals surface area contributed by atoms with Crippen LogP contribution in [0.25, 0.3) is 5.69 Å². The highest BCUT2D eigenvalue weighted by molar-refractivity contribution is 5.52. The first-order chi connectivity index (χ1) is 7.75. The molecule has 1 aliphatic heterocycles. The van der Waals surface area contributed by atoms with Gasteiger partial charge in [-0.05, 0) is 12.1 Å². The van der Waals surface area contributed by atoms with Gasteiger partial charge in [-0.2, -0.15) is 0 Å². The Labute approximate surface area is 91.1 Å². The maximum absolute atomic E-state index is 9.56. The Kier molecular flexibility index (Phi) is 1.73. The number of aromatic nitrogens is 1. The third-order valence-corrected chi connectivity index (χ3v) is 2.45. The monoisotopic (exact) mass is 219 g/mol. The minimum absolute atomic E-state index is 0.0311. The summed E-state index contributed by atoms with van der Waals surface area (Å²) >= 11 is 0. The Morgan fingerprint density at radius 3 is 2.38 bits per heavy atom. The zero-order chi connectivity index (χ0) is 11.1. The summed E-state index contributed by atoms with van der Waals surface area (Å²) in [5.74, 6) is 1.20.